The van der Waals surface area contributed by atoms with Gasteiger partial charge >= 0.3 is 5.97 Å². The molecule has 4 atom stereocenters. The molecule has 0 heterocycles. The number of carboxylic acid groups (broad SMARTS) is 1. The SMILES string of the molecule is CSCCC(NC(=O)C(CO)NC(=O)C(N)CCC(N)=O)C(=O)NC(Cc1ccc(O)cc1)C(=O)O. The van der Waals surface area contributed by atoms with Crippen LogP contribution in [0.3, 0.4) is 0 Å². The first-order chi connectivity index (χ1) is 17.0. The molecule has 10 N–H and O–H groups in total. The summed E-state index contributed by atoms with van der Waals surface area (Å²) in [5.41, 5.74) is 11.3. The molecule has 1 rings (SSSR count). The molecule has 0 spiro atoms. The summed E-state index contributed by atoms with van der Waals surface area (Å²) >= 11 is 1.40. The molecule has 0 fully saturated rings. The second-order valence-electron chi connectivity index (χ2n) is 7.97. The van der Waals surface area contributed by atoms with Crippen LogP contribution in [0.5, 0.6) is 5.75 Å². The van der Waals surface area contributed by atoms with Crippen molar-refractivity contribution >= 4 is 41.4 Å². The van der Waals surface area contributed by atoms with Gasteiger partial charge in [-0.15, -0.1) is 0 Å². The molecular weight excluding hydrogens is 494 g/mol. The zero-order valence-corrected chi connectivity index (χ0v) is 20.6. The van der Waals surface area contributed by atoms with Gasteiger partial charge in [-0.25, -0.2) is 4.79 Å². The second-order valence-corrected chi connectivity index (χ2v) is 8.95. The number of rotatable bonds is 16. The fourth-order valence-corrected chi connectivity index (χ4v) is 3.49. The molecule has 14 heteroatoms. The van der Waals surface area contributed by atoms with Crippen LogP contribution in [0.25, 0.3) is 0 Å². The fraction of sp³-hybridized carbons (Fsp3) is 0.500. The summed E-state index contributed by atoms with van der Waals surface area (Å²) in [5.74, 6) is -3.92. The summed E-state index contributed by atoms with van der Waals surface area (Å²) < 4.78 is 0. The van der Waals surface area contributed by atoms with Gasteiger partial charge in [0.05, 0.1) is 12.6 Å². The smallest absolute Gasteiger partial charge is 0.326 e. The molecule has 0 bridgehead atoms. The number of hydrogen-bond donors (Lipinski definition) is 8. The van der Waals surface area contributed by atoms with Crippen molar-refractivity contribution in [2.75, 3.05) is 18.6 Å². The van der Waals surface area contributed by atoms with Crippen molar-refractivity contribution in [3.63, 3.8) is 0 Å². The molecule has 0 aliphatic carbocycles. The summed E-state index contributed by atoms with van der Waals surface area (Å²) in [4.78, 5) is 60.4. The van der Waals surface area contributed by atoms with E-state index in [1.54, 1.807) is 6.26 Å². The van der Waals surface area contributed by atoms with Crippen molar-refractivity contribution in [2.24, 2.45) is 11.5 Å². The van der Waals surface area contributed by atoms with E-state index in [1.165, 1.54) is 36.0 Å². The summed E-state index contributed by atoms with van der Waals surface area (Å²) in [6.45, 7) is -0.796. The number of hydrogen-bond acceptors (Lipinski definition) is 9. The van der Waals surface area contributed by atoms with Crippen molar-refractivity contribution < 1.29 is 39.3 Å². The largest absolute Gasteiger partial charge is 0.508 e. The van der Waals surface area contributed by atoms with E-state index in [2.05, 4.69) is 16.0 Å². The Bertz CT molecular complexity index is 914. The molecule has 1 aromatic rings. The van der Waals surface area contributed by atoms with Gasteiger partial charge in [-0.3, -0.25) is 19.2 Å². The monoisotopic (exact) mass is 527 g/mol. The van der Waals surface area contributed by atoms with E-state index < -0.39 is 60.4 Å². The van der Waals surface area contributed by atoms with Crippen LogP contribution in [0, 0.1) is 0 Å². The lowest BCUT2D eigenvalue weighted by atomic mass is 10.0. The van der Waals surface area contributed by atoms with Gasteiger partial charge in [0.25, 0.3) is 0 Å². The van der Waals surface area contributed by atoms with Crippen LogP contribution < -0.4 is 27.4 Å². The topological polar surface area (TPSA) is 234 Å². The zero-order valence-electron chi connectivity index (χ0n) is 19.8. The van der Waals surface area contributed by atoms with E-state index in [0.717, 1.165) is 0 Å². The third kappa shape index (κ3) is 10.9. The Morgan fingerprint density at radius 1 is 0.917 bits per heavy atom. The molecule has 0 aromatic heterocycles. The number of benzene rings is 1. The van der Waals surface area contributed by atoms with Crippen LogP contribution in [0.1, 0.15) is 24.8 Å². The number of aliphatic hydroxyl groups excluding tert-OH is 1. The first-order valence-electron chi connectivity index (χ1n) is 11.0. The van der Waals surface area contributed by atoms with Gasteiger partial charge in [-0.1, -0.05) is 12.1 Å². The summed E-state index contributed by atoms with van der Waals surface area (Å²) in [6.07, 6.45) is 1.66. The van der Waals surface area contributed by atoms with Crippen LogP contribution in [-0.4, -0.2) is 87.7 Å². The van der Waals surface area contributed by atoms with Gasteiger partial charge in [-0.2, -0.15) is 11.8 Å². The molecule has 0 aliphatic rings. The predicted molar refractivity (Wildman–Crippen MR) is 132 cm³/mol. The molecule has 13 nitrogen and oxygen atoms in total. The number of aliphatic carboxylic acids is 1. The standard InChI is InChI=1S/C22H33N5O8S/c1-36-9-8-15(20(32)26-16(22(34)35)10-12-2-4-13(29)5-3-12)25-21(33)17(11-28)27-19(31)14(23)6-7-18(24)30/h2-5,14-17,28-29H,6-11,23H2,1H3,(H2,24,30)(H,25,33)(H,26,32)(H,27,31)(H,34,35). The van der Waals surface area contributed by atoms with E-state index in [9.17, 15) is 39.3 Å². The lowest BCUT2D eigenvalue weighted by Gasteiger charge is -2.24. The maximum absolute atomic E-state index is 12.9. The number of primary amides is 1. The van der Waals surface area contributed by atoms with Crippen molar-refractivity contribution in [1.29, 1.82) is 0 Å². The summed E-state index contributed by atoms with van der Waals surface area (Å²) in [7, 11) is 0. The van der Waals surface area contributed by atoms with E-state index in [1.807, 2.05) is 0 Å². The second kappa shape index (κ2) is 15.6. The number of carboxylic acids is 1. The minimum atomic E-state index is -1.44. The third-order valence-electron chi connectivity index (χ3n) is 5.09. The Labute approximate surface area is 212 Å². The van der Waals surface area contributed by atoms with Crippen LogP contribution in [0.4, 0.5) is 0 Å². The highest BCUT2D eigenvalue weighted by atomic mass is 32.2. The van der Waals surface area contributed by atoms with Gasteiger partial charge in [0.15, 0.2) is 0 Å². The molecule has 200 valence electrons. The van der Waals surface area contributed by atoms with Gasteiger partial charge in [-0.05, 0) is 42.5 Å². The average Bonchev–Trinajstić information content (AvgIpc) is 2.83. The quantitative estimate of drug-likeness (QED) is 0.116. The van der Waals surface area contributed by atoms with Gasteiger partial charge in [0, 0.05) is 12.8 Å². The fourth-order valence-electron chi connectivity index (χ4n) is 3.02. The minimum absolute atomic E-state index is 0.00820. The highest BCUT2D eigenvalue weighted by Crippen LogP contribution is 2.12. The lowest BCUT2D eigenvalue weighted by Crippen LogP contribution is -2.58. The van der Waals surface area contributed by atoms with Crippen LogP contribution in [-0.2, 0) is 30.4 Å². The average molecular weight is 528 g/mol. The van der Waals surface area contributed by atoms with Crippen molar-refractivity contribution in [1.82, 2.24) is 16.0 Å². The first-order valence-corrected chi connectivity index (χ1v) is 12.4. The number of nitrogens with two attached hydrogens (primary N) is 2. The molecule has 0 aliphatic heterocycles. The molecule has 0 saturated carbocycles. The number of amides is 4. The minimum Gasteiger partial charge on any atom is -0.508 e. The van der Waals surface area contributed by atoms with Crippen LogP contribution in [0.15, 0.2) is 24.3 Å². The number of aromatic hydroxyl groups is 1. The summed E-state index contributed by atoms with van der Waals surface area (Å²) in [5, 5.41) is 35.6. The first kappa shape index (κ1) is 30.7. The Balaban J connectivity index is 2.87. The van der Waals surface area contributed by atoms with E-state index in [4.69, 9.17) is 11.5 Å². The number of phenolic OH excluding ortho intramolecular Hbond substituents is 1. The van der Waals surface area contributed by atoms with Crippen molar-refractivity contribution in [3.8, 4) is 5.75 Å². The Morgan fingerprint density at radius 2 is 1.47 bits per heavy atom. The van der Waals surface area contributed by atoms with Gasteiger partial charge in [0.1, 0.15) is 23.9 Å². The summed E-state index contributed by atoms with van der Waals surface area (Å²) in [6, 6.07) is 0.773. The zero-order chi connectivity index (χ0) is 27.3. The number of nitrogens with one attached hydrogen (secondary N) is 3. The maximum Gasteiger partial charge on any atom is 0.326 e. The predicted octanol–water partition coefficient (Wildman–Crippen LogP) is -2.19. The van der Waals surface area contributed by atoms with Gasteiger partial charge in [0.2, 0.25) is 23.6 Å². The number of thioether (sulfide) groups is 1. The Hall–Kier alpha value is -3.36. The third-order valence-corrected chi connectivity index (χ3v) is 5.73. The molecule has 0 saturated heterocycles. The van der Waals surface area contributed by atoms with E-state index in [0.29, 0.717) is 11.3 Å². The van der Waals surface area contributed by atoms with Gasteiger partial charge < -0.3 is 42.7 Å². The molecular formula is C22H33N5O8S. The van der Waals surface area contributed by atoms with Crippen LogP contribution in [0.2, 0.25) is 0 Å². The van der Waals surface area contributed by atoms with E-state index in [-0.39, 0.29) is 31.4 Å². The number of carbonyl (C=O) groups excluding carboxylic acids is 4. The molecule has 4 amide bonds. The molecule has 1 aromatic carbocycles. The van der Waals surface area contributed by atoms with Crippen LogP contribution >= 0.6 is 11.8 Å². The van der Waals surface area contributed by atoms with Crippen molar-refractivity contribution in [2.45, 2.75) is 49.9 Å². The highest BCUT2D eigenvalue weighted by molar-refractivity contribution is 7.98. The molecule has 36 heavy (non-hydrogen) atoms. The normalized spacial score (nSPS) is 14.1. The lowest BCUT2D eigenvalue weighted by molar-refractivity contribution is -0.142. The Kier molecular flexibility index (Phi) is 13.3. The van der Waals surface area contributed by atoms with E-state index >= 15 is 0 Å². The Morgan fingerprint density at radius 3 is 2.00 bits per heavy atom. The molecule has 4 unspecified atom stereocenters. The number of phenols is 1. The number of aliphatic hydroxyl groups is 1. The highest BCUT2D eigenvalue weighted by Gasteiger charge is 2.30. The maximum atomic E-state index is 12.9. The number of carbonyl (C=O) groups is 5. The molecule has 0 radical (unpaired) electrons. The van der Waals surface area contributed by atoms with Crippen molar-refractivity contribution in [3.05, 3.63) is 29.8 Å².